The topological polar surface area (TPSA) is 112 Å². The summed E-state index contributed by atoms with van der Waals surface area (Å²) in [5.74, 6) is 0. The van der Waals surface area contributed by atoms with Gasteiger partial charge in [-0.3, -0.25) is 0 Å². The summed E-state index contributed by atoms with van der Waals surface area (Å²) < 4.78 is 22.5. The van der Waals surface area contributed by atoms with E-state index in [1.165, 1.54) is 18.2 Å². The van der Waals surface area contributed by atoms with E-state index in [1.54, 1.807) is 0 Å². The minimum atomic E-state index is -4.57. The van der Waals surface area contributed by atoms with Crippen LogP contribution in [0.2, 0.25) is 0 Å². The molecule has 16 heavy (non-hydrogen) atoms. The van der Waals surface area contributed by atoms with Crippen molar-refractivity contribution in [2.75, 3.05) is 0 Å². The van der Waals surface area contributed by atoms with E-state index in [0.29, 0.717) is 0 Å². The Bertz CT molecular complexity index is 495. The molecule has 0 fully saturated rings. The maximum absolute atomic E-state index is 11.6. The van der Waals surface area contributed by atoms with Crippen LogP contribution in [0.3, 0.4) is 0 Å². The van der Waals surface area contributed by atoms with E-state index in [2.05, 4.69) is 0 Å². The van der Waals surface area contributed by atoms with Gasteiger partial charge in [-0.25, -0.2) is 18.0 Å². The van der Waals surface area contributed by atoms with Crippen LogP contribution in [0.5, 0.6) is 0 Å². The highest BCUT2D eigenvalue weighted by atomic mass is 32.2. The average molecular weight is 245 g/mol. The van der Waals surface area contributed by atoms with Crippen LogP contribution in [-0.2, 0) is 10.0 Å². The zero-order valence-electron chi connectivity index (χ0n) is 7.77. The second kappa shape index (κ2) is 4.19. The Labute approximate surface area is 90.6 Å². The lowest BCUT2D eigenvalue weighted by Crippen LogP contribution is -2.39. The number of carbonyl (C=O) groups is 2. The number of carboxylic acid groups (broad SMARTS) is 2. The van der Waals surface area contributed by atoms with Crippen molar-refractivity contribution < 1.29 is 28.2 Å². The fourth-order valence-corrected chi connectivity index (χ4v) is 2.11. The molecular weight excluding hydrogens is 238 g/mol. The van der Waals surface area contributed by atoms with E-state index in [9.17, 15) is 18.0 Å². The van der Waals surface area contributed by atoms with Gasteiger partial charge in [-0.2, -0.15) is 0 Å². The highest BCUT2D eigenvalue weighted by molar-refractivity contribution is 7.90. The van der Waals surface area contributed by atoms with Crippen LogP contribution in [0.4, 0.5) is 9.59 Å². The summed E-state index contributed by atoms with van der Waals surface area (Å²) in [5.41, 5.74) is 0. The zero-order valence-corrected chi connectivity index (χ0v) is 8.59. The molecule has 0 unspecified atom stereocenters. The van der Waals surface area contributed by atoms with E-state index < -0.39 is 31.4 Å². The molecule has 1 rings (SSSR count). The number of imide groups is 1. The Kier molecular flexibility index (Phi) is 3.14. The van der Waals surface area contributed by atoms with Gasteiger partial charge in [-0.15, -0.1) is 0 Å². The van der Waals surface area contributed by atoms with Gasteiger partial charge in [0.15, 0.2) is 0 Å². The second-order valence-electron chi connectivity index (χ2n) is 2.65. The molecule has 2 N–H and O–H groups in total. The second-order valence-corrected chi connectivity index (χ2v) is 4.43. The highest BCUT2D eigenvalue weighted by Gasteiger charge is 2.35. The van der Waals surface area contributed by atoms with E-state index in [4.69, 9.17) is 10.2 Å². The molecule has 86 valence electrons. The van der Waals surface area contributed by atoms with Gasteiger partial charge in [-0.1, -0.05) is 22.5 Å². The monoisotopic (exact) mass is 245 g/mol. The van der Waals surface area contributed by atoms with Gasteiger partial charge in [0.1, 0.15) is 0 Å². The molecule has 7 nitrogen and oxygen atoms in total. The van der Waals surface area contributed by atoms with Crippen molar-refractivity contribution in [1.29, 1.82) is 0 Å². The number of hydrogen-bond donors (Lipinski definition) is 2. The number of hydrogen-bond acceptors (Lipinski definition) is 4. The maximum atomic E-state index is 11.6. The Morgan fingerprint density at radius 3 is 1.81 bits per heavy atom. The van der Waals surface area contributed by atoms with Crippen molar-refractivity contribution in [3.8, 4) is 0 Å². The minimum absolute atomic E-state index is 0.403. The Hall–Kier alpha value is -2.09. The molecule has 1 aromatic carbocycles. The van der Waals surface area contributed by atoms with Crippen molar-refractivity contribution in [3.63, 3.8) is 0 Å². The van der Waals surface area contributed by atoms with Crippen LogP contribution in [0, 0.1) is 0 Å². The van der Waals surface area contributed by atoms with Gasteiger partial charge in [0.05, 0.1) is 4.90 Å². The molecule has 0 aliphatic rings. The number of benzene rings is 1. The van der Waals surface area contributed by atoms with Gasteiger partial charge < -0.3 is 10.2 Å². The van der Waals surface area contributed by atoms with Crippen LogP contribution < -0.4 is 0 Å². The third kappa shape index (κ3) is 2.11. The van der Waals surface area contributed by atoms with Crippen LogP contribution in [0.15, 0.2) is 35.2 Å². The molecule has 0 saturated carbocycles. The zero-order chi connectivity index (χ0) is 12.3. The summed E-state index contributed by atoms with van der Waals surface area (Å²) in [6.45, 7) is 0. The van der Waals surface area contributed by atoms with Crippen molar-refractivity contribution in [3.05, 3.63) is 30.3 Å². The lowest BCUT2D eigenvalue weighted by atomic mass is 10.4. The first kappa shape index (κ1) is 12.0. The molecule has 0 saturated heterocycles. The van der Waals surface area contributed by atoms with Gasteiger partial charge in [-0.05, 0) is 12.1 Å². The Morgan fingerprint density at radius 2 is 1.44 bits per heavy atom. The molecule has 0 bridgehead atoms. The first-order chi connectivity index (χ1) is 7.37. The van der Waals surface area contributed by atoms with E-state index >= 15 is 0 Å². The average Bonchev–Trinajstić information content (AvgIpc) is 2.17. The molecule has 0 spiro atoms. The third-order valence-electron chi connectivity index (χ3n) is 1.63. The van der Waals surface area contributed by atoms with Gasteiger partial charge in [0, 0.05) is 0 Å². The Morgan fingerprint density at radius 1 is 1.00 bits per heavy atom. The largest absolute Gasteiger partial charge is 0.464 e. The number of sulfonamides is 1. The molecule has 0 aromatic heterocycles. The van der Waals surface area contributed by atoms with E-state index in [-0.39, 0.29) is 0 Å². The summed E-state index contributed by atoms with van der Waals surface area (Å²) >= 11 is 0. The first-order valence-corrected chi connectivity index (χ1v) is 5.37. The van der Waals surface area contributed by atoms with Gasteiger partial charge in [0.2, 0.25) is 0 Å². The third-order valence-corrected chi connectivity index (χ3v) is 3.29. The van der Waals surface area contributed by atoms with Crippen molar-refractivity contribution in [1.82, 2.24) is 4.31 Å². The minimum Gasteiger partial charge on any atom is -0.464 e. The standard InChI is InChI=1S/C8H7NO6S/c10-7(11)9(8(12)13)16(14,15)6-4-2-1-3-5-6/h1-5H,(H,10,11)(H,12,13). The maximum Gasteiger partial charge on any atom is 0.431 e. The lowest BCUT2D eigenvalue weighted by molar-refractivity contribution is 0.148. The summed E-state index contributed by atoms with van der Waals surface area (Å²) in [5, 5.41) is 17.0. The quantitative estimate of drug-likeness (QED) is 0.804. The number of rotatable bonds is 2. The van der Waals surface area contributed by atoms with E-state index in [1.807, 2.05) is 0 Å². The fraction of sp³-hybridized carbons (Fsp3) is 0. The van der Waals surface area contributed by atoms with Crippen molar-refractivity contribution in [2.45, 2.75) is 4.90 Å². The van der Waals surface area contributed by atoms with E-state index in [0.717, 1.165) is 12.1 Å². The molecule has 2 amide bonds. The van der Waals surface area contributed by atoms with Crippen molar-refractivity contribution >= 4 is 22.2 Å². The summed E-state index contributed by atoms with van der Waals surface area (Å²) in [4.78, 5) is 20.7. The molecular formula is C8H7NO6S. The number of nitrogens with zero attached hydrogens (tertiary/aromatic N) is 1. The summed E-state index contributed by atoms with van der Waals surface area (Å²) in [6, 6.07) is 6.44. The lowest BCUT2D eigenvalue weighted by Gasteiger charge is -2.13. The predicted molar refractivity (Wildman–Crippen MR) is 51.5 cm³/mol. The summed E-state index contributed by atoms with van der Waals surface area (Å²) in [6.07, 6.45) is -4.15. The smallest absolute Gasteiger partial charge is 0.431 e. The van der Waals surface area contributed by atoms with Crippen LogP contribution in [0.25, 0.3) is 0 Å². The van der Waals surface area contributed by atoms with Gasteiger partial charge >= 0.3 is 12.2 Å². The SMILES string of the molecule is O=C(O)N(C(=O)O)S(=O)(=O)c1ccccc1. The predicted octanol–water partition coefficient (Wildman–Crippen LogP) is 1.03. The molecule has 0 aliphatic heterocycles. The summed E-state index contributed by atoms with van der Waals surface area (Å²) in [7, 11) is -4.57. The first-order valence-electron chi connectivity index (χ1n) is 3.93. The normalized spacial score (nSPS) is 10.8. The van der Waals surface area contributed by atoms with Crippen LogP contribution in [-0.4, -0.2) is 35.1 Å². The fourth-order valence-electron chi connectivity index (χ4n) is 0.985. The van der Waals surface area contributed by atoms with Crippen molar-refractivity contribution in [2.24, 2.45) is 0 Å². The molecule has 0 aliphatic carbocycles. The van der Waals surface area contributed by atoms with Crippen LogP contribution >= 0.6 is 0 Å². The Balaban J connectivity index is 3.31. The molecule has 0 atom stereocenters. The molecule has 8 heteroatoms. The number of amides is 2. The van der Waals surface area contributed by atoms with Gasteiger partial charge in [0.25, 0.3) is 10.0 Å². The van der Waals surface area contributed by atoms with Crippen LogP contribution in [0.1, 0.15) is 0 Å². The molecule has 0 radical (unpaired) electrons. The molecule has 0 heterocycles. The highest BCUT2D eigenvalue weighted by Crippen LogP contribution is 2.15. The molecule has 1 aromatic rings.